The number of nitrogens with zero attached hydrogens (tertiary/aromatic N) is 1. The Bertz CT molecular complexity index is 880. The maximum atomic E-state index is 12.3. The SMILES string of the molecule is C=CCOCn1c(Cc2cccc(OCC=C)c2)c(CC)c(=O)[nH]c1=O. The summed E-state index contributed by atoms with van der Waals surface area (Å²) in [5.41, 5.74) is 1.32. The summed E-state index contributed by atoms with van der Waals surface area (Å²) in [6.07, 6.45) is 4.22. The fraction of sp³-hybridized carbons (Fsp3) is 0.300. The molecular formula is C20H24N2O4. The van der Waals surface area contributed by atoms with E-state index in [1.165, 1.54) is 4.57 Å². The van der Waals surface area contributed by atoms with Gasteiger partial charge in [0.05, 0.1) is 6.61 Å². The topological polar surface area (TPSA) is 73.3 Å². The van der Waals surface area contributed by atoms with Gasteiger partial charge in [0, 0.05) is 17.7 Å². The van der Waals surface area contributed by atoms with Gasteiger partial charge in [0.1, 0.15) is 19.1 Å². The van der Waals surface area contributed by atoms with Gasteiger partial charge >= 0.3 is 5.69 Å². The van der Waals surface area contributed by atoms with Crippen molar-refractivity contribution in [2.24, 2.45) is 0 Å². The molecule has 1 heterocycles. The molecule has 0 aliphatic heterocycles. The number of aromatic amines is 1. The molecule has 0 radical (unpaired) electrons. The molecule has 0 aliphatic carbocycles. The first-order chi connectivity index (χ1) is 12.6. The minimum atomic E-state index is -0.481. The molecule has 6 heteroatoms. The van der Waals surface area contributed by atoms with E-state index in [-0.39, 0.29) is 12.3 Å². The minimum absolute atomic E-state index is 0.0522. The fourth-order valence-electron chi connectivity index (χ4n) is 2.68. The first-order valence-electron chi connectivity index (χ1n) is 8.46. The maximum Gasteiger partial charge on any atom is 0.330 e. The number of ether oxygens (including phenoxy) is 2. The van der Waals surface area contributed by atoms with Crippen LogP contribution in [0.15, 0.2) is 59.2 Å². The summed E-state index contributed by atoms with van der Waals surface area (Å²) in [4.78, 5) is 26.9. The van der Waals surface area contributed by atoms with Crippen molar-refractivity contribution < 1.29 is 9.47 Å². The zero-order valence-corrected chi connectivity index (χ0v) is 15.0. The zero-order chi connectivity index (χ0) is 18.9. The number of benzene rings is 1. The lowest BCUT2D eigenvalue weighted by Crippen LogP contribution is -2.36. The molecule has 1 N–H and O–H groups in total. The lowest BCUT2D eigenvalue weighted by atomic mass is 10.0. The second kappa shape index (κ2) is 9.58. The Balaban J connectivity index is 2.43. The van der Waals surface area contributed by atoms with E-state index in [9.17, 15) is 9.59 Å². The molecule has 0 unspecified atom stereocenters. The number of aromatic nitrogens is 2. The first kappa shape index (κ1) is 19.5. The highest BCUT2D eigenvalue weighted by atomic mass is 16.5. The molecule has 6 nitrogen and oxygen atoms in total. The Hall–Kier alpha value is -2.86. The van der Waals surface area contributed by atoms with Crippen molar-refractivity contribution in [1.29, 1.82) is 0 Å². The van der Waals surface area contributed by atoms with Crippen LogP contribution in [-0.4, -0.2) is 22.8 Å². The Morgan fingerprint density at radius 3 is 2.65 bits per heavy atom. The number of nitrogens with one attached hydrogen (secondary N) is 1. The van der Waals surface area contributed by atoms with Gasteiger partial charge in [0.15, 0.2) is 0 Å². The molecule has 26 heavy (non-hydrogen) atoms. The van der Waals surface area contributed by atoms with Gasteiger partial charge in [-0.2, -0.15) is 0 Å². The number of hydrogen-bond donors (Lipinski definition) is 1. The normalized spacial score (nSPS) is 10.5. The Morgan fingerprint density at radius 1 is 1.19 bits per heavy atom. The van der Waals surface area contributed by atoms with E-state index in [0.717, 1.165) is 5.56 Å². The third-order valence-electron chi connectivity index (χ3n) is 3.86. The second-order valence-electron chi connectivity index (χ2n) is 5.68. The van der Waals surface area contributed by atoms with E-state index in [0.29, 0.717) is 43.1 Å². The van der Waals surface area contributed by atoms with Gasteiger partial charge in [-0.15, -0.1) is 6.58 Å². The average Bonchev–Trinajstić information content (AvgIpc) is 2.63. The molecule has 1 aromatic carbocycles. The summed E-state index contributed by atoms with van der Waals surface area (Å²) in [6, 6.07) is 7.55. The van der Waals surface area contributed by atoms with Crippen molar-refractivity contribution >= 4 is 0 Å². The molecule has 2 rings (SSSR count). The van der Waals surface area contributed by atoms with Crippen LogP contribution in [0.5, 0.6) is 5.75 Å². The van der Waals surface area contributed by atoms with E-state index >= 15 is 0 Å². The number of rotatable bonds is 10. The van der Waals surface area contributed by atoms with Gasteiger partial charge in [0.2, 0.25) is 0 Å². The third-order valence-corrected chi connectivity index (χ3v) is 3.86. The van der Waals surface area contributed by atoms with Crippen molar-refractivity contribution in [2.45, 2.75) is 26.5 Å². The van der Waals surface area contributed by atoms with Gasteiger partial charge in [0.25, 0.3) is 5.56 Å². The van der Waals surface area contributed by atoms with Gasteiger partial charge < -0.3 is 9.47 Å². The molecule has 1 aromatic heterocycles. The fourth-order valence-corrected chi connectivity index (χ4v) is 2.68. The molecule has 0 amide bonds. The number of hydrogen-bond acceptors (Lipinski definition) is 4. The maximum absolute atomic E-state index is 12.3. The van der Waals surface area contributed by atoms with Crippen LogP contribution < -0.4 is 16.0 Å². The highest BCUT2D eigenvalue weighted by Gasteiger charge is 2.14. The largest absolute Gasteiger partial charge is 0.490 e. The standard InChI is InChI=1S/C20H24N2O4/c1-4-10-25-14-22-18(17(6-3)19(23)21-20(22)24)13-15-8-7-9-16(12-15)26-11-5-2/h4-5,7-9,12H,1-2,6,10-11,13-14H2,3H3,(H,21,23,24). The predicted molar refractivity (Wildman–Crippen MR) is 102 cm³/mol. The van der Waals surface area contributed by atoms with Crippen molar-refractivity contribution in [3.05, 3.63) is 87.2 Å². The van der Waals surface area contributed by atoms with Gasteiger partial charge in [-0.3, -0.25) is 14.3 Å². The third kappa shape index (κ3) is 4.83. The quantitative estimate of drug-likeness (QED) is 0.524. The summed E-state index contributed by atoms with van der Waals surface area (Å²) in [5.74, 6) is 0.710. The van der Waals surface area contributed by atoms with E-state index in [1.807, 2.05) is 31.2 Å². The van der Waals surface area contributed by atoms with Gasteiger partial charge in [-0.05, 0) is 24.1 Å². The van der Waals surface area contributed by atoms with E-state index < -0.39 is 5.69 Å². The second-order valence-corrected chi connectivity index (χ2v) is 5.68. The summed E-state index contributed by atoms with van der Waals surface area (Å²) in [6.45, 7) is 9.89. The van der Waals surface area contributed by atoms with Gasteiger partial charge in [-0.1, -0.05) is 37.8 Å². The summed E-state index contributed by atoms with van der Waals surface area (Å²) in [7, 11) is 0. The van der Waals surface area contributed by atoms with Crippen LogP contribution >= 0.6 is 0 Å². The van der Waals surface area contributed by atoms with Crippen molar-refractivity contribution in [2.75, 3.05) is 13.2 Å². The highest BCUT2D eigenvalue weighted by Crippen LogP contribution is 2.17. The summed E-state index contributed by atoms with van der Waals surface area (Å²) in [5, 5.41) is 0. The van der Waals surface area contributed by atoms with Crippen LogP contribution in [0.3, 0.4) is 0 Å². The summed E-state index contributed by atoms with van der Waals surface area (Å²) >= 11 is 0. The van der Waals surface area contributed by atoms with E-state index in [2.05, 4.69) is 18.1 Å². The van der Waals surface area contributed by atoms with Crippen LogP contribution in [0.25, 0.3) is 0 Å². The molecule has 0 saturated heterocycles. The van der Waals surface area contributed by atoms with Crippen LogP contribution in [0, 0.1) is 0 Å². The molecular weight excluding hydrogens is 332 g/mol. The predicted octanol–water partition coefficient (Wildman–Crippen LogP) is 2.41. The molecule has 138 valence electrons. The van der Waals surface area contributed by atoms with Crippen molar-refractivity contribution in [1.82, 2.24) is 9.55 Å². The Morgan fingerprint density at radius 2 is 1.96 bits per heavy atom. The van der Waals surface area contributed by atoms with Crippen molar-refractivity contribution in [3.63, 3.8) is 0 Å². The van der Waals surface area contributed by atoms with Crippen molar-refractivity contribution in [3.8, 4) is 5.75 Å². The zero-order valence-electron chi connectivity index (χ0n) is 15.0. The van der Waals surface area contributed by atoms with Crippen LogP contribution in [-0.2, 0) is 24.3 Å². The summed E-state index contributed by atoms with van der Waals surface area (Å²) < 4.78 is 12.4. The van der Waals surface area contributed by atoms with Crippen LogP contribution in [0.2, 0.25) is 0 Å². The Labute approximate surface area is 152 Å². The van der Waals surface area contributed by atoms with E-state index in [1.54, 1.807) is 12.2 Å². The molecule has 0 atom stereocenters. The Kier molecular flexibility index (Phi) is 7.17. The monoisotopic (exact) mass is 356 g/mol. The van der Waals surface area contributed by atoms with Crippen LogP contribution in [0.4, 0.5) is 0 Å². The van der Waals surface area contributed by atoms with Crippen LogP contribution in [0.1, 0.15) is 23.7 Å². The molecule has 0 bridgehead atoms. The molecule has 2 aromatic rings. The first-order valence-corrected chi connectivity index (χ1v) is 8.46. The van der Waals surface area contributed by atoms with E-state index in [4.69, 9.17) is 9.47 Å². The molecule has 0 spiro atoms. The highest BCUT2D eigenvalue weighted by molar-refractivity contribution is 5.33. The molecule has 0 fully saturated rings. The molecule has 0 saturated carbocycles. The van der Waals surface area contributed by atoms with Gasteiger partial charge in [-0.25, -0.2) is 4.79 Å². The average molecular weight is 356 g/mol. The smallest absolute Gasteiger partial charge is 0.330 e. The minimum Gasteiger partial charge on any atom is -0.490 e. The lowest BCUT2D eigenvalue weighted by molar-refractivity contribution is 0.0943. The molecule has 0 aliphatic rings. The lowest BCUT2D eigenvalue weighted by Gasteiger charge is -2.16. The number of H-pyrrole nitrogens is 1.